The van der Waals surface area contributed by atoms with Crippen molar-refractivity contribution in [2.24, 2.45) is 0 Å². The molecule has 2 amide bonds. The molecule has 0 radical (unpaired) electrons. The number of aromatic amines is 1. The Balaban J connectivity index is 1.48. The number of hydrogen-bond acceptors (Lipinski definition) is 6. The molecule has 33 heavy (non-hydrogen) atoms. The van der Waals surface area contributed by atoms with Gasteiger partial charge in [0.15, 0.2) is 0 Å². The SMILES string of the molecule is CNC(=O)CCCCCC(NC(=O)c1cncs1)c1ncc(-c2ccc3cnccc3c2)[nH]1. The van der Waals surface area contributed by atoms with Gasteiger partial charge in [-0.25, -0.2) is 4.98 Å². The maximum Gasteiger partial charge on any atom is 0.263 e. The molecule has 3 N–H and O–H groups in total. The maximum atomic E-state index is 12.7. The van der Waals surface area contributed by atoms with E-state index in [9.17, 15) is 9.59 Å². The molecule has 0 saturated carbocycles. The molecule has 170 valence electrons. The first-order chi connectivity index (χ1) is 16.1. The fourth-order valence-corrected chi connectivity index (χ4v) is 4.20. The molecule has 1 atom stereocenters. The Hall–Kier alpha value is -3.59. The molecule has 9 heteroatoms. The van der Waals surface area contributed by atoms with Crippen molar-refractivity contribution in [2.45, 2.75) is 38.1 Å². The molecular formula is C24H26N6O2S. The second kappa shape index (κ2) is 10.8. The van der Waals surface area contributed by atoms with Crippen LogP contribution >= 0.6 is 11.3 Å². The number of amides is 2. The van der Waals surface area contributed by atoms with E-state index in [4.69, 9.17) is 0 Å². The van der Waals surface area contributed by atoms with Crippen molar-refractivity contribution in [1.29, 1.82) is 0 Å². The normalized spacial score (nSPS) is 11.9. The Bertz CT molecular complexity index is 1220. The van der Waals surface area contributed by atoms with Gasteiger partial charge in [-0.1, -0.05) is 25.0 Å². The van der Waals surface area contributed by atoms with Gasteiger partial charge >= 0.3 is 0 Å². The fraction of sp³-hybridized carbons (Fsp3) is 0.292. The van der Waals surface area contributed by atoms with E-state index < -0.39 is 0 Å². The van der Waals surface area contributed by atoms with Crippen LogP contribution < -0.4 is 10.6 Å². The first-order valence-electron chi connectivity index (χ1n) is 10.9. The number of benzene rings is 1. The summed E-state index contributed by atoms with van der Waals surface area (Å²) < 4.78 is 0. The molecule has 4 rings (SSSR count). The van der Waals surface area contributed by atoms with Crippen molar-refractivity contribution in [2.75, 3.05) is 7.05 Å². The predicted molar refractivity (Wildman–Crippen MR) is 129 cm³/mol. The van der Waals surface area contributed by atoms with Crippen LogP contribution in [0.1, 0.15) is 53.6 Å². The van der Waals surface area contributed by atoms with Crippen molar-refractivity contribution < 1.29 is 9.59 Å². The van der Waals surface area contributed by atoms with Crippen LogP contribution in [0.5, 0.6) is 0 Å². The lowest BCUT2D eigenvalue weighted by Gasteiger charge is -2.16. The summed E-state index contributed by atoms with van der Waals surface area (Å²) in [5.41, 5.74) is 3.55. The topological polar surface area (TPSA) is 113 Å². The second-order valence-electron chi connectivity index (χ2n) is 7.78. The molecule has 0 spiro atoms. The molecule has 3 aromatic heterocycles. The number of thiazole rings is 1. The number of aromatic nitrogens is 4. The lowest BCUT2D eigenvalue weighted by Crippen LogP contribution is -2.28. The third-order valence-electron chi connectivity index (χ3n) is 5.51. The number of H-pyrrole nitrogens is 1. The third kappa shape index (κ3) is 5.81. The number of nitrogens with zero attached hydrogens (tertiary/aromatic N) is 3. The van der Waals surface area contributed by atoms with E-state index in [0.29, 0.717) is 23.5 Å². The molecule has 0 fully saturated rings. The molecule has 0 aliphatic heterocycles. The highest BCUT2D eigenvalue weighted by Gasteiger charge is 2.20. The van der Waals surface area contributed by atoms with Crippen molar-refractivity contribution in [3.05, 3.63) is 65.3 Å². The Labute approximate surface area is 195 Å². The van der Waals surface area contributed by atoms with Gasteiger partial charge in [-0.05, 0) is 30.4 Å². The molecule has 1 unspecified atom stereocenters. The minimum Gasteiger partial charge on any atom is -0.359 e. The highest BCUT2D eigenvalue weighted by Crippen LogP contribution is 2.26. The number of fused-ring (bicyclic) bond motifs is 1. The highest BCUT2D eigenvalue weighted by molar-refractivity contribution is 7.11. The van der Waals surface area contributed by atoms with Gasteiger partial charge in [0.1, 0.15) is 10.7 Å². The summed E-state index contributed by atoms with van der Waals surface area (Å²) in [5, 5.41) is 7.91. The van der Waals surface area contributed by atoms with E-state index in [2.05, 4.69) is 36.6 Å². The van der Waals surface area contributed by atoms with E-state index in [1.165, 1.54) is 11.3 Å². The molecule has 0 saturated heterocycles. The first-order valence-corrected chi connectivity index (χ1v) is 11.8. The minimum atomic E-state index is -0.266. The van der Waals surface area contributed by atoms with Crippen LogP contribution in [0.4, 0.5) is 0 Å². The molecular weight excluding hydrogens is 436 g/mol. The summed E-state index contributed by atoms with van der Waals surface area (Å²) in [6, 6.07) is 7.88. The van der Waals surface area contributed by atoms with Gasteiger partial charge in [0, 0.05) is 36.8 Å². The van der Waals surface area contributed by atoms with Gasteiger partial charge in [-0.3, -0.25) is 19.6 Å². The standard InChI is InChI=1S/C24H26N6O2S/c1-25-22(31)6-4-2-3-5-19(30-24(32)21-14-27-15-33-21)23-28-13-20(29-23)17-7-8-18-12-26-10-9-16(18)11-17/h7-15,19H,2-6H2,1H3,(H,25,31)(H,28,29)(H,30,32). The van der Waals surface area contributed by atoms with Crippen LogP contribution in [0.2, 0.25) is 0 Å². The lowest BCUT2D eigenvalue weighted by molar-refractivity contribution is -0.120. The van der Waals surface area contributed by atoms with E-state index in [0.717, 1.165) is 41.3 Å². The smallest absolute Gasteiger partial charge is 0.263 e. The zero-order chi connectivity index (χ0) is 23.0. The number of rotatable bonds is 10. The van der Waals surface area contributed by atoms with Crippen LogP contribution in [-0.4, -0.2) is 38.8 Å². The quantitative estimate of drug-likeness (QED) is 0.305. The Kier molecular flexibility index (Phi) is 7.41. The van der Waals surface area contributed by atoms with Crippen LogP contribution in [-0.2, 0) is 4.79 Å². The molecule has 8 nitrogen and oxygen atoms in total. The van der Waals surface area contributed by atoms with Crippen molar-refractivity contribution in [3.8, 4) is 11.3 Å². The average molecular weight is 463 g/mol. The number of hydrogen-bond donors (Lipinski definition) is 3. The number of unbranched alkanes of at least 4 members (excludes halogenated alkanes) is 2. The summed E-state index contributed by atoms with van der Waals surface area (Å²) >= 11 is 1.31. The van der Waals surface area contributed by atoms with Gasteiger partial charge in [-0.15, -0.1) is 11.3 Å². The number of pyridine rings is 1. The van der Waals surface area contributed by atoms with Crippen LogP contribution in [0.3, 0.4) is 0 Å². The van der Waals surface area contributed by atoms with Crippen LogP contribution in [0, 0.1) is 0 Å². The third-order valence-corrected chi connectivity index (χ3v) is 6.29. The van der Waals surface area contributed by atoms with Crippen molar-refractivity contribution in [1.82, 2.24) is 30.6 Å². The second-order valence-corrected chi connectivity index (χ2v) is 8.67. The van der Waals surface area contributed by atoms with Crippen molar-refractivity contribution in [3.63, 3.8) is 0 Å². The molecule has 0 bridgehead atoms. The highest BCUT2D eigenvalue weighted by atomic mass is 32.1. The predicted octanol–water partition coefficient (Wildman–Crippen LogP) is 4.25. The van der Waals surface area contributed by atoms with Crippen molar-refractivity contribution >= 4 is 33.9 Å². The van der Waals surface area contributed by atoms with E-state index >= 15 is 0 Å². The summed E-state index contributed by atoms with van der Waals surface area (Å²) in [5.74, 6) is 0.597. The largest absolute Gasteiger partial charge is 0.359 e. The molecule has 4 aromatic rings. The Morgan fingerprint density at radius 2 is 1.97 bits per heavy atom. The van der Waals surface area contributed by atoms with Gasteiger partial charge in [0.2, 0.25) is 5.91 Å². The molecule has 0 aliphatic rings. The van der Waals surface area contributed by atoms with E-state index in [-0.39, 0.29) is 17.9 Å². The Morgan fingerprint density at radius 3 is 2.79 bits per heavy atom. The van der Waals surface area contributed by atoms with Crippen LogP contribution in [0.15, 0.2) is 54.6 Å². The first kappa shape index (κ1) is 22.6. The Morgan fingerprint density at radius 1 is 1.06 bits per heavy atom. The van der Waals surface area contributed by atoms with E-state index in [1.54, 1.807) is 31.1 Å². The number of carbonyl (C=O) groups is 2. The maximum absolute atomic E-state index is 12.7. The molecule has 1 aromatic carbocycles. The zero-order valence-corrected chi connectivity index (χ0v) is 19.2. The van der Waals surface area contributed by atoms with Gasteiger partial charge in [-0.2, -0.15) is 0 Å². The van der Waals surface area contributed by atoms with Crippen LogP contribution in [0.25, 0.3) is 22.0 Å². The minimum absolute atomic E-state index is 0.0480. The fourth-order valence-electron chi connectivity index (χ4n) is 3.68. The average Bonchev–Trinajstić information content (AvgIpc) is 3.55. The summed E-state index contributed by atoms with van der Waals surface area (Å²) in [6.45, 7) is 0. The van der Waals surface area contributed by atoms with Gasteiger partial charge < -0.3 is 15.6 Å². The van der Waals surface area contributed by atoms with Gasteiger partial charge in [0.05, 0.1) is 29.6 Å². The zero-order valence-electron chi connectivity index (χ0n) is 18.4. The molecule has 3 heterocycles. The number of imidazole rings is 1. The van der Waals surface area contributed by atoms with Gasteiger partial charge in [0.25, 0.3) is 5.91 Å². The summed E-state index contributed by atoms with van der Waals surface area (Å²) in [4.78, 5) is 40.8. The molecule has 0 aliphatic carbocycles. The number of nitrogens with one attached hydrogen (secondary N) is 3. The summed E-state index contributed by atoms with van der Waals surface area (Å²) in [7, 11) is 1.65. The summed E-state index contributed by atoms with van der Waals surface area (Å²) in [6.07, 6.45) is 10.8. The lowest BCUT2D eigenvalue weighted by atomic mass is 10.1. The number of carbonyl (C=O) groups excluding carboxylic acids is 2. The monoisotopic (exact) mass is 462 g/mol. The van der Waals surface area contributed by atoms with E-state index in [1.807, 2.05) is 24.4 Å².